The van der Waals surface area contributed by atoms with Crippen LogP contribution < -0.4 is 10.7 Å². The Morgan fingerprint density at radius 2 is 1.91 bits per heavy atom. The second kappa shape index (κ2) is 11.2. The second-order valence-electron chi connectivity index (χ2n) is 8.36. The van der Waals surface area contributed by atoms with E-state index in [1.54, 1.807) is 19.1 Å². The SMILES string of the molecule is COC(=O)CC1CCN(S(=O)(=O)c2cc(NC(=O)CN3NCC(Cl)C(Cl)C3=O)ccc2C)CC1. The Labute approximate surface area is 208 Å². The molecule has 3 rings (SSSR count). The van der Waals surface area contributed by atoms with Gasteiger partial charge in [-0.25, -0.2) is 13.8 Å². The van der Waals surface area contributed by atoms with Gasteiger partial charge in [-0.3, -0.25) is 19.4 Å². The van der Waals surface area contributed by atoms with Gasteiger partial charge < -0.3 is 10.1 Å². The van der Waals surface area contributed by atoms with Crippen molar-refractivity contribution in [2.75, 3.05) is 38.6 Å². The number of amides is 2. The molecule has 0 aliphatic carbocycles. The quantitative estimate of drug-likeness (QED) is 0.400. The first-order valence-electron chi connectivity index (χ1n) is 10.8. The average molecular weight is 535 g/mol. The van der Waals surface area contributed by atoms with Crippen LogP contribution in [0.3, 0.4) is 0 Å². The molecule has 2 atom stereocenters. The van der Waals surface area contributed by atoms with Gasteiger partial charge in [0, 0.05) is 31.7 Å². The van der Waals surface area contributed by atoms with E-state index >= 15 is 0 Å². The fourth-order valence-corrected chi connectivity index (χ4v) is 6.03. The van der Waals surface area contributed by atoms with Crippen molar-refractivity contribution in [3.05, 3.63) is 23.8 Å². The number of halogens is 2. The molecule has 1 aromatic carbocycles. The van der Waals surface area contributed by atoms with E-state index in [-0.39, 0.29) is 42.0 Å². The molecule has 0 spiro atoms. The van der Waals surface area contributed by atoms with Gasteiger partial charge in [0.1, 0.15) is 11.9 Å². The number of esters is 1. The normalized spacial score (nSPS) is 22.5. The highest BCUT2D eigenvalue weighted by Crippen LogP contribution is 2.29. The lowest BCUT2D eigenvalue weighted by Gasteiger charge is -2.32. The zero-order chi connectivity index (χ0) is 25.0. The molecule has 2 aliphatic rings. The van der Waals surface area contributed by atoms with Crippen molar-refractivity contribution < 1.29 is 27.5 Å². The molecule has 2 amide bonds. The number of methoxy groups -OCH3 is 1. The summed E-state index contributed by atoms with van der Waals surface area (Å²) in [6.45, 7) is 2.20. The first kappa shape index (κ1) is 26.7. The van der Waals surface area contributed by atoms with Crippen LogP contribution in [-0.2, 0) is 29.1 Å². The highest BCUT2D eigenvalue weighted by atomic mass is 35.5. The number of carbonyl (C=O) groups is 3. The van der Waals surface area contributed by atoms with Crippen LogP contribution in [0.4, 0.5) is 5.69 Å². The van der Waals surface area contributed by atoms with Gasteiger partial charge in [-0.15, -0.1) is 23.2 Å². The maximum Gasteiger partial charge on any atom is 0.305 e. The van der Waals surface area contributed by atoms with E-state index in [2.05, 4.69) is 10.7 Å². The van der Waals surface area contributed by atoms with E-state index in [0.717, 1.165) is 5.01 Å². The zero-order valence-corrected chi connectivity index (χ0v) is 21.3. The van der Waals surface area contributed by atoms with E-state index in [1.807, 2.05) is 0 Å². The minimum absolute atomic E-state index is 0.0818. The van der Waals surface area contributed by atoms with Gasteiger partial charge >= 0.3 is 5.97 Å². The molecule has 2 saturated heterocycles. The van der Waals surface area contributed by atoms with Crippen LogP contribution in [0.15, 0.2) is 23.1 Å². The number of piperidine rings is 1. The monoisotopic (exact) mass is 534 g/mol. The summed E-state index contributed by atoms with van der Waals surface area (Å²) in [4.78, 5) is 36.3. The van der Waals surface area contributed by atoms with Gasteiger partial charge in [0.25, 0.3) is 5.91 Å². The number of hydrogen-bond donors (Lipinski definition) is 2. The van der Waals surface area contributed by atoms with Crippen LogP contribution >= 0.6 is 23.2 Å². The summed E-state index contributed by atoms with van der Waals surface area (Å²) in [5, 5.41) is 2.20. The van der Waals surface area contributed by atoms with Crippen molar-refractivity contribution in [3.63, 3.8) is 0 Å². The Morgan fingerprint density at radius 3 is 2.56 bits per heavy atom. The number of hydrogen-bond acceptors (Lipinski definition) is 7. The van der Waals surface area contributed by atoms with Crippen molar-refractivity contribution in [1.82, 2.24) is 14.7 Å². The fourth-order valence-electron chi connectivity index (χ4n) is 3.93. The molecule has 2 aliphatic heterocycles. The molecule has 10 nitrogen and oxygen atoms in total. The number of carbonyl (C=O) groups excluding carboxylic acids is 3. The van der Waals surface area contributed by atoms with Crippen molar-refractivity contribution in [2.45, 2.75) is 41.8 Å². The third kappa shape index (κ3) is 6.19. The highest BCUT2D eigenvalue weighted by molar-refractivity contribution is 7.89. The number of benzene rings is 1. The molecule has 34 heavy (non-hydrogen) atoms. The summed E-state index contributed by atoms with van der Waals surface area (Å²) >= 11 is 11.9. The van der Waals surface area contributed by atoms with Crippen LogP contribution in [0.5, 0.6) is 0 Å². The van der Waals surface area contributed by atoms with Crippen LogP contribution in [0.1, 0.15) is 24.8 Å². The summed E-state index contributed by atoms with van der Waals surface area (Å²) in [7, 11) is -2.47. The largest absolute Gasteiger partial charge is 0.469 e. The number of anilines is 1. The molecule has 188 valence electrons. The standard InChI is InChI=1S/C21H28Cl2N4O6S/c1-13-3-4-15(25-18(28)12-27-21(30)20(23)16(22)11-24-27)10-17(13)34(31,32)26-7-5-14(6-8-26)9-19(29)33-2/h3-4,10,14,16,20,24H,5-9,11-12H2,1-2H3,(H,25,28). The Balaban J connectivity index is 1.65. The number of nitrogens with zero attached hydrogens (tertiary/aromatic N) is 2. The third-order valence-corrected chi connectivity index (χ3v) is 9.01. The lowest BCUT2D eigenvalue weighted by Crippen LogP contribution is -2.58. The summed E-state index contributed by atoms with van der Waals surface area (Å²) in [5.74, 6) is -1.25. The van der Waals surface area contributed by atoms with Crippen LogP contribution in [0, 0.1) is 12.8 Å². The minimum atomic E-state index is -3.80. The Morgan fingerprint density at radius 1 is 1.24 bits per heavy atom. The summed E-state index contributed by atoms with van der Waals surface area (Å²) in [6, 6.07) is 4.62. The van der Waals surface area contributed by atoms with Crippen LogP contribution in [0.25, 0.3) is 0 Å². The van der Waals surface area contributed by atoms with Crippen molar-refractivity contribution >= 4 is 56.7 Å². The molecule has 2 unspecified atom stereocenters. The van der Waals surface area contributed by atoms with E-state index in [0.29, 0.717) is 31.5 Å². The summed E-state index contributed by atoms with van der Waals surface area (Å²) < 4.78 is 32.7. The molecule has 0 radical (unpaired) electrons. The number of sulfonamides is 1. The number of nitrogens with one attached hydrogen (secondary N) is 2. The first-order chi connectivity index (χ1) is 16.0. The molecule has 2 N–H and O–H groups in total. The summed E-state index contributed by atoms with van der Waals surface area (Å²) in [6.07, 6.45) is 1.39. The van der Waals surface area contributed by atoms with Gasteiger partial charge in [0.05, 0.1) is 17.4 Å². The van der Waals surface area contributed by atoms with Gasteiger partial charge in [0.15, 0.2) is 0 Å². The fraction of sp³-hybridized carbons (Fsp3) is 0.571. The molecule has 0 aromatic heterocycles. The Hall–Kier alpha value is -1.92. The van der Waals surface area contributed by atoms with E-state index in [9.17, 15) is 22.8 Å². The topological polar surface area (TPSA) is 125 Å². The van der Waals surface area contributed by atoms with Crippen molar-refractivity contribution in [1.29, 1.82) is 0 Å². The smallest absolute Gasteiger partial charge is 0.305 e. The summed E-state index contributed by atoms with van der Waals surface area (Å²) in [5.41, 5.74) is 3.58. The van der Waals surface area contributed by atoms with Gasteiger partial charge in [-0.2, -0.15) is 4.31 Å². The molecular formula is C21H28Cl2N4O6S. The van der Waals surface area contributed by atoms with Crippen molar-refractivity contribution in [3.8, 4) is 0 Å². The molecule has 1 aromatic rings. The number of hydrazine groups is 1. The number of alkyl halides is 2. The van der Waals surface area contributed by atoms with Crippen LogP contribution in [0.2, 0.25) is 0 Å². The molecule has 2 fully saturated rings. The number of aryl methyl sites for hydroxylation is 1. The average Bonchev–Trinajstić information content (AvgIpc) is 2.81. The molecule has 0 bridgehead atoms. The third-order valence-electron chi connectivity index (χ3n) is 5.94. The van der Waals surface area contributed by atoms with Gasteiger partial charge in [0.2, 0.25) is 15.9 Å². The van der Waals surface area contributed by atoms with Crippen LogP contribution in [-0.4, -0.2) is 79.6 Å². The number of ether oxygens (including phenoxy) is 1. The van der Waals surface area contributed by atoms with Crippen molar-refractivity contribution in [2.24, 2.45) is 5.92 Å². The molecule has 13 heteroatoms. The predicted molar refractivity (Wildman–Crippen MR) is 127 cm³/mol. The van der Waals surface area contributed by atoms with E-state index in [1.165, 1.54) is 17.5 Å². The molecular weight excluding hydrogens is 507 g/mol. The van der Waals surface area contributed by atoms with E-state index in [4.69, 9.17) is 27.9 Å². The predicted octanol–water partition coefficient (Wildman–Crippen LogP) is 1.46. The lowest BCUT2D eigenvalue weighted by atomic mass is 9.95. The zero-order valence-electron chi connectivity index (χ0n) is 18.9. The Kier molecular flexibility index (Phi) is 8.80. The highest BCUT2D eigenvalue weighted by Gasteiger charge is 2.35. The maximum atomic E-state index is 13.3. The minimum Gasteiger partial charge on any atom is -0.469 e. The second-order valence-corrected chi connectivity index (χ2v) is 11.3. The first-order valence-corrected chi connectivity index (χ1v) is 13.1. The van der Waals surface area contributed by atoms with Gasteiger partial charge in [-0.1, -0.05) is 6.07 Å². The van der Waals surface area contributed by atoms with Gasteiger partial charge in [-0.05, 0) is 43.4 Å². The van der Waals surface area contributed by atoms with E-state index < -0.39 is 32.6 Å². The Bertz CT molecular complexity index is 1050. The number of rotatable bonds is 7. The maximum absolute atomic E-state index is 13.3. The lowest BCUT2D eigenvalue weighted by molar-refractivity contribution is -0.142. The molecule has 0 saturated carbocycles. The molecule has 2 heterocycles.